The molecule has 0 aliphatic carbocycles. The highest BCUT2D eigenvalue weighted by molar-refractivity contribution is 5.98. The van der Waals surface area contributed by atoms with E-state index in [1.54, 1.807) is 6.07 Å². The zero-order valence-corrected chi connectivity index (χ0v) is 14.8. The molecule has 2 heterocycles. The molecule has 6 nitrogen and oxygen atoms in total. The first kappa shape index (κ1) is 18.1. The molecule has 26 heavy (non-hydrogen) atoms. The molecule has 1 saturated heterocycles. The fourth-order valence-electron chi connectivity index (χ4n) is 2.90. The van der Waals surface area contributed by atoms with Gasteiger partial charge >= 0.3 is 0 Å². The molecule has 2 N–H and O–H groups in total. The monoisotopic (exact) mass is 353 g/mol. The van der Waals surface area contributed by atoms with Gasteiger partial charge in [0.25, 0.3) is 11.8 Å². The van der Waals surface area contributed by atoms with Crippen LogP contribution in [-0.4, -0.2) is 36.1 Å². The highest BCUT2D eigenvalue weighted by Crippen LogP contribution is 2.13. The molecular formula is C20H23N3O3. The van der Waals surface area contributed by atoms with Crippen molar-refractivity contribution in [3.8, 4) is 0 Å². The largest absolute Gasteiger partial charge is 0.376 e. The molecular weight excluding hydrogens is 330 g/mol. The molecule has 2 atom stereocenters. The van der Waals surface area contributed by atoms with Gasteiger partial charge < -0.3 is 15.4 Å². The number of amides is 2. The summed E-state index contributed by atoms with van der Waals surface area (Å²) in [4.78, 5) is 28.8. The summed E-state index contributed by atoms with van der Waals surface area (Å²) in [7, 11) is 0. The van der Waals surface area contributed by atoms with Gasteiger partial charge in [0.15, 0.2) is 0 Å². The van der Waals surface area contributed by atoms with E-state index in [1.807, 2.05) is 37.3 Å². The maximum atomic E-state index is 12.5. The SMILES string of the molecule is CC(NC(=O)c1ccnc(C(=O)NCC2CCCO2)c1)c1ccccc1. The first-order valence-corrected chi connectivity index (χ1v) is 8.85. The lowest BCUT2D eigenvalue weighted by Gasteiger charge is -2.14. The Morgan fingerprint density at radius 1 is 1.23 bits per heavy atom. The van der Waals surface area contributed by atoms with E-state index in [0.717, 1.165) is 25.0 Å². The molecule has 3 rings (SSSR count). The normalized spacial score (nSPS) is 17.5. The minimum absolute atomic E-state index is 0.0668. The van der Waals surface area contributed by atoms with Crippen molar-refractivity contribution >= 4 is 11.8 Å². The van der Waals surface area contributed by atoms with E-state index in [0.29, 0.717) is 12.1 Å². The van der Waals surface area contributed by atoms with Gasteiger partial charge in [-0.3, -0.25) is 14.6 Å². The molecule has 0 bridgehead atoms. The maximum Gasteiger partial charge on any atom is 0.269 e. The van der Waals surface area contributed by atoms with Gasteiger partial charge in [-0.1, -0.05) is 30.3 Å². The topological polar surface area (TPSA) is 80.3 Å². The Morgan fingerprint density at radius 2 is 2.04 bits per heavy atom. The van der Waals surface area contributed by atoms with Gasteiger partial charge in [-0.2, -0.15) is 0 Å². The molecule has 0 spiro atoms. The molecule has 0 radical (unpaired) electrons. The van der Waals surface area contributed by atoms with Crippen LogP contribution in [0.4, 0.5) is 0 Å². The summed E-state index contributed by atoms with van der Waals surface area (Å²) in [6, 6.07) is 12.7. The third kappa shape index (κ3) is 4.67. The predicted molar refractivity (Wildman–Crippen MR) is 97.9 cm³/mol. The van der Waals surface area contributed by atoms with Gasteiger partial charge in [0, 0.05) is 24.9 Å². The zero-order chi connectivity index (χ0) is 18.4. The molecule has 1 aromatic heterocycles. The predicted octanol–water partition coefficient (Wildman–Crippen LogP) is 2.48. The van der Waals surface area contributed by atoms with E-state index in [2.05, 4.69) is 15.6 Å². The van der Waals surface area contributed by atoms with Crippen LogP contribution in [0.3, 0.4) is 0 Å². The van der Waals surface area contributed by atoms with Crippen molar-refractivity contribution in [2.24, 2.45) is 0 Å². The average molecular weight is 353 g/mol. The second kappa shape index (κ2) is 8.58. The van der Waals surface area contributed by atoms with Crippen molar-refractivity contribution in [2.75, 3.05) is 13.2 Å². The Morgan fingerprint density at radius 3 is 2.77 bits per heavy atom. The standard InChI is InChI=1S/C20H23N3O3/c1-14(15-6-3-2-4-7-15)23-19(24)16-9-10-21-18(12-16)20(25)22-13-17-8-5-11-26-17/h2-4,6-7,9-10,12,14,17H,5,8,11,13H2,1H3,(H,22,25)(H,23,24). The summed E-state index contributed by atoms with van der Waals surface area (Å²) >= 11 is 0. The number of carbonyl (C=O) groups excluding carboxylic acids is 2. The van der Waals surface area contributed by atoms with Crippen molar-refractivity contribution in [3.05, 3.63) is 65.5 Å². The molecule has 136 valence electrons. The van der Waals surface area contributed by atoms with E-state index in [4.69, 9.17) is 4.74 Å². The molecule has 0 saturated carbocycles. The third-order valence-electron chi connectivity index (χ3n) is 4.42. The first-order chi connectivity index (χ1) is 12.6. The summed E-state index contributed by atoms with van der Waals surface area (Å²) in [5, 5.41) is 5.75. The van der Waals surface area contributed by atoms with Crippen molar-refractivity contribution in [2.45, 2.75) is 31.9 Å². The Bertz CT molecular complexity index is 758. The van der Waals surface area contributed by atoms with Crippen LogP contribution in [0.2, 0.25) is 0 Å². The molecule has 1 aromatic carbocycles. The minimum Gasteiger partial charge on any atom is -0.376 e. The van der Waals surface area contributed by atoms with Crippen LogP contribution in [0.25, 0.3) is 0 Å². The van der Waals surface area contributed by atoms with Crippen molar-refractivity contribution < 1.29 is 14.3 Å². The number of hydrogen-bond acceptors (Lipinski definition) is 4. The number of pyridine rings is 1. The zero-order valence-electron chi connectivity index (χ0n) is 14.8. The summed E-state index contributed by atoms with van der Waals surface area (Å²) in [5.41, 5.74) is 1.65. The van der Waals surface area contributed by atoms with Crippen LogP contribution in [0.5, 0.6) is 0 Å². The Labute approximate surface area is 153 Å². The molecule has 2 unspecified atom stereocenters. The Kier molecular flexibility index (Phi) is 5.96. The van der Waals surface area contributed by atoms with Gasteiger partial charge in [0.1, 0.15) is 5.69 Å². The number of aromatic nitrogens is 1. The number of nitrogens with one attached hydrogen (secondary N) is 2. The number of hydrogen-bond donors (Lipinski definition) is 2. The summed E-state index contributed by atoms with van der Waals surface area (Å²) < 4.78 is 5.49. The second-order valence-electron chi connectivity index (χ2n) is 6.38. The lowest BCUT2D eigenvalue weighted by atomic mass is 10.1. The van der Waals surface area contributed by atoms with Crippen LogP contribution >= 0.6 is 0 Å². The van der Waals surface area contributed by atoms with Crippen LogP contribution in [0.1, 0.15) is 52.2 Å². The van der Waals surface area contributed by atoms with Crippen LogP contribution < -0.4 is 10.6 Å². The van der Waals surface area contributed by atoms with E-state index >= 15 is 0 Å². The van der Waals surface area contributed by atoms with Crippen molar-refractivity contribution in [1.29, 1.82) is 0 Å². The van der Waals surface area contributed by atoms with Gasteiger partial charge in [-0.15, -0.1) is 0 Å². The minimum atomic E-state index is -0.300. The number of carbonyl (C=O) groups is 2. The maximum absolute atomic E-state index is 12.5. The average Bonchev–Trinajstić information content (AvgIpc) is 3.20. The lowest BCUT2D eigenvalue weighted by Crippen LogP contribution is -2.32. The highest BCUT2D eigenvalue weighted by atomic mass is 16.5. The lowest BCUT2D eigenvalue weighted by molar-refractivity contribution is 0.0853. The molecule has 1 aliphatic rings. The van der Waals surface area contributed by atoms with Crippen molar-refractivity contribution in [3.63, 3.8) is 0 Å². The third-order valence-corrected chi connectivity index (χ3v) is 4.42. The first-order valence-electron chi connectivity index (χ1n) is 8.85. The Balaban J connectivity index is 1.60. The van der Waals surface area contributed by atoms with Crippen molar-refractivity contribution in [1.82, 2.24) is 15.6 Å². The summed E-state index contributed by atoms with van der Waals surface area (Å²) in [6.07, 6.45) is 3.52. The van der Waals surface area contributed by atoms with E-state index in [-0.39, 0.29) is 29.7 Å². The fraction of sp³-hybridized carbons (Fsp3) is 0.350. The van der Waals surface area contributed by atoms with Crippen LogP contribution in [0.15, 0.2) is 48.7 Å². The van der Waals surface area contributed by atoms with Crippen LogP contribution in [-0.2, 0) is 4.74 Å². The fourth-order valence-corrected chi connectivity index (χ4v) is 2.90. The molecule has 2 amide bonds. The molecule has 2 aromatic rings. The Hall–Kier alpha value is -2.73. The number of nitrogens with zero attached hydrogens (tertiary/aromatic N) is 1. The quantitative estimate of drug-likeness (QED) is 0.836. The smallest absolute Gasteiger partial charge is 0.269 e. The van der Waals surface area contributed by atoms with Gasteiger partial charge in [0.2, 0.25) is 0 Å². The number of rotatable bonds is 6. The number of benzene rings is 1. The van der Waals surface area contributed by atoms with Gasteiger partial charge in [-0.25, -0.2) is 0 Å². The van der Waals surface area contributed by atoms with E-state index in [1.165, 1.54) is 12.3 Å². The number of ether oxygens (including phenoxy) is 1. The second-order valence-corrected chi connectivity index (χ2v) is 6.38. The highest BCUT2D eigenvalue weighted by Gasteiger charge is 2.18. The van der Waals surface area contributed by atoms with E-state index in [9.17, 15) is 9.59 Å². The molecule has 6 heteroatoms. The van der Waals surface area contributed by atoms with Gasteiger partial charge in [0.05, 0.1) is 12.1 Å². The van der Waals surface area contributed by atoms with Crippen LogP contribution in [0, 0.1) is 0 Å². The molecule has 1 fully saturated rings. The summed E-state index contributed by atoms with van der Waals surface area (Å²) in [5.74, 6) is -0.539. The van der Waals surface area contributed by atoms with Gasteiger partial charge in [-0.05, 0) is 37.5 Å². The van der Waals surface area contributed by atoms with E-state index < -0.39 is 0 Å². The summed E-state index contributed by atoms with van der Waals surface area (Å²) in [6.45, 7) is 3.12. The molecule has 1 aliphatic heterocycles.